The quantitative estimate of drug-likeness (QED) is 0.704. The van der Waals surface area contributed by atoms with Crippen LogP contribution in [0.3, 0.4) is 0 Å². The molecule has 3 heteroatoms. The summed E-state index contributed by atoms with van der Waals surface area (Å²) < 4.78 is 0. The van der Waals surface area contributed by atoms with Crippen LogP contribution in [0.1, 0.15) is 11.1 Å². The van der Waals surface area contributed by atoms with E-state index < -0.39 is 0 Å². The van der Waals surface area contributed by atoms with E-state index >= 15 is 0 Å². The average molecular weight is 228 g/mol. The van der Waals surface area contributed by atoms with Crippen LogP contribution in [0.15, 0.2) is 48.5 Å². The van der Waals surface area contributed by atoms with Crippen LogP contribution in [0.25, 0.3) is 0 Å². The maximum atomic E-state index is 9.17. The van der Waals surface area contributed by atoms with Crippen molar-refractivity contribution in [1.29, 1.82) is 0 Å². The number of anilines is 1. The fraction of sp³-hybridized carbons (Fsp3) is 0.143. The molecule has 0 saturated carbocycles. The third-order valence-corrected chi connectivity index (χ3v) is 2.59. The molecule has 88 valence electrons. The van der Waals surface area contributed by atoms with Crippen LogP contribution in [0.5, 0.6) is 5.75 Å². The van der Waals surface area contributed by atoms with E-state index in [9.17, 15) is 0 Å². The van der Waals surface area contributed by atoms with Crippen LogP contribution in [0.2, 0.25) is 0 Å². The highest BCUT2D eigenvalue weighted by Gasteiger charge is 1.96. The largest absolute Gasteiger partial charge is 0.508 e. The zero-order valence-electron chi connectivity index (χ0n) is 9.56. The number of benzene rings is 2. The minimum absolute atomic E-state index is 0.278. The van der Waals surface area contributed by atoms with Gasteiger partial charge in [0.25, 0.3) is 0 Å². The van der Waals surface area contributed by atoms with E-state index in [2.05, 4.69) is 17.4 Å². The summed E-state index contributed by atoms with van der Waals surface area (Å²) in [6.07, 6.45) is 0. The Balaban J connectivity index is 1.99. The van der Waals surface area contributed by atoms with Gasteiger partial charge in [0.2, 0.25) is 0 Å². The number of rotatable bonds is 4. The Bertz CT molecular complexity index is 480. The summed E-state index contributed by atoms with van der Waals surface area (Å²) in [5, 5.41) is 12.5. The van der Waals surface area contributed by atoms with Gasteiger partial charge in [-0.15, -0.1) is 0 Å². The van der Waals surface area contributed by atoms with Gasteiger partial charge >= 0.3 is 0 Å². The van der Waals surface area contributed by atoms with E-state index in [1.54, 1.807) is 12.1 Å². The Hall–Kier alpha value is -2.00. The van der Waals surface area contributed by atoms with Gasteiger partial charge in [-0.05, 0) is 35.4 Å². The van der Waals surface area contributed by atoms with E-state index in [0.29, 0.717) is 6.54 Å². The monoisotopic (exact) mass is 228 g/mol. The van der Waals surface area contributed by atoms with Crippen LogP contribution in [-0.4, -0.2) is 5.11 Å². The van der Waals surface area contributed by atoms with Crippen molar-refractivity contribution < 1.29 is 5.11 Å². The first-order chi connectivity index (χ1) is 8.28. The predicted molar refractivity (Wildman–Crippen MR) is 69.8 cm³/mol. The van der Waals surface area contributed by atoms with Gasteiger partial charge < -0.3 is 16.2 Å². The number of aromatic hydroxyl groups is 1. The molecular formula is C14H16N2O. The molecule has 4 N–H and O–H groups in total. The minimum Gasteiger partial charge on any atom is -0.508 e. The third-order valence-electron chi connectivity index (χ3n) is 2.59. The molecule has 2 aromatic carbocycles. The first-order valence-electron chi connectivity index (χ1n) is 5.59. The highest BCUT2D eigenvalue weighted by atomic mass is 16.3. The summed E-state index contributed by atoms with van der Waals surface area (Å²) in [6, 6.07) is 15.2. The van der Waals surface area contributed by atoms with Crippen molar-refractivity contribution in [2.45, 2.75) is 13.1 Å². The van der Waals surface area contributed by atoms with Crippen molar-refractivity contribution in [3.8, 4) is 5.75 Å². The predicted octanol–water partition coefficient (Wildman–Crippen LogP) is 2.46. The fourth-order valence-electron chi connectivity index (χ4n) is 1.65. The molecule has 0 heterocycles. The lowest BCUT2D eigenvalue weighted by Crippen LogP contribution is -2.01. The lowest BCUT2D eigenvalue weighted by Gasteiger charge is -2.07. The molecule has 0 saturated heterocycles. The summed E-state index contributed by atoms with van der Waals surface area (Å²) in [4.78, 5) is 0. The van der Waals surface area contributed by atoms with Crippen molar-refractivity contribution in [3.05, 3.63) is 59.7 Å². The maximum Gasteiger partial charge on any atom is 0.115 e. The summed E-state index contributed by atoms with van der Waals surface area (Å²) in [7, 11) is 0. The standard InChI is InChI=1S/C14H16N2O/c15-9-11-2-1-3-12(8-11)10-16-13-4-6-14(17)7-5-13/h1-8,16-17H,9-10,15H2. The first-order valence-corrected chi connectivity index (χ1v) is 5.59. The molecule has 2 aromatic rings. The molecule has 0 bridgehead atoms. The number of hydrogen-bond acceptors (Lipinski definition) is 3. The number of phenolic OH excluding ortho intramolecular Hbond substituents is 1. The van der Waals surface area contributed by atoms with E-state index in [0.717, 1.165) is 17.8 Å². The highest BCUT2D eigenvalue weighted by molar-refractivity contribution is 5.46. The summed E-state index contributed by atoms with van der Waals surface area (Å²) >= 11 is 0. The minimum atomic E-state index is 0.278. The Morgan fingerprint density at radius 2 is 1.71 bits per heavy atom. The molecule has 0 aromatic heterocycles. The van der Waals surface area contributed by atoms with Crippen LogP contribution in [0, 0.1) is 0 Å². The Kier molecular flexibility index (Phi) is 3.62. The average Bonchev–Trinajstić information content (AvgIpc) is 2.38. The Morgan fingerprint density at radius 3 is 2.41 bits per heavy atom. The van der Waals surface area contributed by atoms with Gasteiger partial charge in [0, 0.05) is 18.8 Å². The van der Waals surface area contributed by atoms with Crippen LogP contribution in [0.4, 0.5) is 5.69 Å². The second-order valence-electron chi connectivity index (χ2n) is 3.92. The van der Waals surface area contributed by atoms with E-state index in [1.807, 2.05) is 24.3 Å². The Labute approximate surface area is 101 Å². The van der Waals surface area contributed by atoms with Gasteiger partial charge in [0.15, 0.2) is 0 Å². The second-order valence-corrected chi connectivity index (χ2v) is 3.92. The van der Waals surface area contributed by atoms with Crippen molar-refractivity contribution >= 4 is 5.69 Å². The number of hydrogen-bond donors (Lipinski definition) is 3. The van der Waals surface area contributed by atoms with Crippen LogP contribution < -0.4 is 11.1 Å². The van der Waals surface area contributed by atoms with E-state index in [-0.39, 0.29) is 5.75 Å². The molecular weight excluding hydrogens is 212 g/mol. The van der Waals surface area contributed by atoms with Gasteiger partial charge in [-0.1, -0.05) is 24.3 Å². The molecule has 3 nitrogen and oxygen atoms in total. The molecule has 0 amide bonds. The summed E-state index contributed by atoms with van der Waals surface area (Å²) in [6.45, 7) is 1.31. The van der Waals surface area contributed by atoms with Gasteiger partial charge in [0.05, 0.1) is 0 Å². The van der Waals surface area contributed by atoms with Crippen LogP contribution >= 0.6 is 0 Å². The normalized spacial score (nSPS) is 10.2. The molecule has 0 spiro atoms. The van der Waals surface area contributed by atoms with Gasteiger partial charge in [0.1, 0.15) is 5.75 Å². The second kappa shape index (κ2) is 5.37. The SMILES string of the molecule is NCc1cccc(CNc2ccc(O)cc2)c1. The van der Waals surface area contributed by atoms with Crippen molar-refractivity contribution in [1.82, 2.24) is 0 Å². The van der Waals surface area contributed by atoms with Gasteiger partial charge in [-0.3, -0.25) is 0 Å². The molecule has 0 aliphatic carbocycles. The molecule has 17 heavy (non-hydrogen) atoms. The molecule has 0 unspecified atom stereocenters. The smallest absolute Gasteiger partial charge is 0.115 e. The lowest BCUT2D eigenvalue weighted by atomic mass is 10.1. The third kappa shape index (κ3) is 3.23. The maximum absolute atomic E-state index is 9.17. The van der Waals surface area contributed by atoms with Crippen molar-refractivity contribution in [2.75, 3.05) is 5.32 Å². The zero-order valence-corrected chi connectivity index (χ0v) is 9.56. The van der Waals surface area contributed by atoms with E-state index in [1.165, 1.54) is 5.56 Å². The Morgan fingerprint density at radius 1 is 1.00 bits per heavy atom. The topological polar surface area (TPSA) is 58.3 Å². The van der Waals surface area contributed by atoms with Crippen LogP contribution in [-0.2, 0) is 13.1 Å². The number of nitrogens with two attached hydrogens (primary N) is 1. The zero-order chi connectivity index (χ0) is 12.1. The lowest BCUT2D eigenvalue weighted by molar-refractivity contribution is 0.475. The summed E-state index contributed by atoms with van der Waals surface area (Å²) in [5.41, 5.74) is 8.91. The van der Waals surface area contributed by atoms with Crippen molar-refractivity contribution in [3.63, 3.8) is 0 Å². The van der Waals surface area contributed by atoms with E-state index in [4.69, 9.17) is 10.8 Å². The molecule has 2 rings (SSSR count). The van der Waals surface area contributed by atoms with Gasteiger partial charge in [-0.2, -0.15) is 0 Å². The highest BCUT2D eigenvalue weighted by Crippen LogP contribution is 2.15. The molecule has 0 fully saturated rings. The number of phenols is 1. The fourth-order valence-corrected chi connectivity index (χ4v) is 1.65. The molecule has 0 radical (unpaired) electrons. The molecule has 0 atom stereocenters. The molecule has 0 aliphatic rings. The number of nitrogens with one attached hydrogen (secondary N) is 1. The summed E-state index contributed by atoms with van der Waals surface area (Å²) in [5.74, 6) is 0.278. The molecule has 0 aliphatic heterocycles. The van der Waals surface area contributed by atoms with Crippen molar-refractivity contribution in [2.24, 2.45) is 5.73 Å². The first kappa shape index (κ1) is 11.5. The van der Waals surface area contributed by atoms with Gasteiger partial charge in [-0.25, -0.2) is 0 Å².